The molecule has 0 aliphatic rings. The van der Waals surface area contributed by atoms with Crippen molar-refractivity contribution < 1.29 is 8.42 Å². The quantitative estimate of drug-likeness (QED) is 0.577. The minimum absolute atomic E-state index is 0.330. The Kier molecular flexibility index (Phi) is 4.36. The summed E-state index contributed by atoms with van der Waals surface area (Å²) < 4.78 is 20.9. The summed E-state index contributed by atoms with van der Waals surface area (Å²) >= 11 is 0. The molecule has 0 radical (unpaired) electrons. The van der Waals surface area contributed by atoms with Gasteiger partial charge in [0.05, 0.1) is 5.08 Å². The molecular weight excluding hydrogens is 144 g/mol. The first-order valence-electron chi connectivity index (χ1n) is 2.31. The van der Waals surface area contributed by atoms with Gasteiger partial charge < -0.3 is 0 Å². The Hall–Kier alpha value is 0.300. The summed E-state index contributed by atoms with van der Waals surface area (Å²) in [7, 11) is -1.75. The van der Waals surface area contributed by atoms with Crippen molar-refractivity contribution in [2.75, 3.05) is 17.1 Å². The molecule has 0 spiro atoms. The summed E-state index contributed by atoms with van der Waals surface area (Å²) in [4.78, 5) is 0. The molecular formula is C4H10O2S2. The largest absolute Gasteiger partial charge is 0.259 e. The maximum absolute atomic E-state index is 10.5. The van der Waals surface area contributed by atoms with E-state index in [2.05, 4.69) is 0 Å². The summed E-state index contributed by atoms with van der Waals surface area (Å²) in [6, 6.07) is 0. The first kappa shape index (κ1) is 8.30. The molecule has 2 atom stereocenters. The van der Waals surface area contributed by atoms with E-state index in [0.29, 0.717) is 10.8 Å². The van der Waals surface area contributed by atoms with E-state index < -0.39 is 21.6 Å². The van der Waals surface area contributed by atoms with Gasteiger partial charge in [0.15, 0.2) is 0 Å². The molecule has 2 unspecified atom stereocenters. The van der Waals surface area contributed by atoms with Crippen LogP contribution in [0.2, 0.25) is 0 Å². The Labute approximate surface area is 54.6 Å². The Morgan fingerprint density at radius 2 is 1.88 bits per heavy atom. The lowest BCUT2D eigenvalue weighted by Gasteiger charge is -1.90. The zero-order valence-corrected chi connectivity index (χ0v) is 6.68. The van der Waals surface area contributed by atoms with Crippen LogP contribution >= 0.6 is 0 Å². The molecule has 0 fully saturated rings. The number of hydrogen-bond acceptors (Lipinski definition) is 2. The fraction of sp³-hybridized carbons (Fsp3) is 1.00. The predicted octanol–water partition coefficient (Wildman–Crippen LogP) is 0.0910. The first-order valence-corrected chi connectivity index (χ1v) is 5.53. The minimum atomic E-state index is -0.896. The summed E-state index contributed by atoms with van der Waals surface area (Å²) in [5.74, 6) is 0.611. The zero-order chi connectivity index (χ0) is 6.57. The molecule has 0 rings (SSSR count). The fourth-order valence-electron chi connectivity index (χ4n) is 0.268. The lowest BCUT2D eigenvalue weighted by molar-refractivity contribution is 0.681. The molecule has 2 nitrogen and oxygen atoms in total. The summed E-state index contributed by atoms with van der Waals surface area (Å²) in [6.07, 6.45) is 1.56. The van der Waals surface area contributed by atoms with Crippen molar-refractivity contribution in [2.45, 2.75) is 6.92 Å². The molecule has 0 aromatic heterocycles. The van der Waals surface area contributed by atoms with Gasteiger partial charge in [-0.05, 0) is 0 Å². The second-order valence-corrected chi connectivity index (χ2v) is 4.97. The molecule has 50 valence electrons. The zero-order valence-electron chi connectivity index (χ0n) is 5.05. The van der Waals surface area contributed by atoms with Crippen LogP contribution in [0, 0.1) is 0 Å². The van der Waals surface area contributed by atoms with Crippen molar-refractivity contribution in [2.24, 2.45) is 0 Å². The minimum Gasteiger partial charge on any atom is -0.259 e. The highest BCUT2D eigenvalue weighted by molar-refractivity contribution is 8.01. The Balaban J connectivity index is 3.40. The van der Waals surface area contributed by atoms with Gasteiger partial charge in [-0.2, -0.15) is 0 Å². The van der Waals surface area contributed by atoms with Crippen LogP contribution in [0.25, 0.3) is 0 Å². The molecule has 0 amide bonds. The SMILES string of the molecule is CCS(=O)CS(C)=O. The van der Waals surface area contributed by atoms with Crippen LogP contribution in [-0.4, -0.2) is 25.5 Å². The molecule has 4 heteroatoms. The molecule has 0 saturated heterocycles. The summed E-state index contributed by atoms with van der Waals surface area (Å²) in [6.45, 7) is 1.82. The third-order valence-electron chi connectivity index (χ3n) is 0.619. The van der Waals surface area contributed by atoms with Gasteiger partial charge in [0.1, 0.15) is 0 Å². The van der Waals surface area contributed by atoms with Crippen molar-refractivity contribution in [3.8, 4) is 0 Å². The van der Waals surface area contributed by atoms with Crippen LogP contribution in [0.1, 0.15) is 6.92 Å². The lowest BCUT2D eigenvalue weighted by atomic mass is 11.0. The van der Waals surface area contributed by atoms with Crippen LogP contribution in [-0.2, 0) is 21.6 Å². The van der Waals surface area contributed by atoms with Gasteiger partial charge in [0.2, 0.25) is 0 Å². The van der Waals surface area contributed by atoms with Gasteiger partial charge >= 0.3 is 0 Å². The van der Waals surface area contributed by atoms with Gasteiger partial charge in [-0.25, -0.2) is 0 Å². The molecule has 0 N–H and O–H groups in total. The third-order valence-corrected chi connectivity index (χ3v) is 3.64. The molecule has 0 heterocycles. The van der Waals surface area contributed by atoms with Crippen LogP contribution in [0.15, 0.2) is 0 Å². The van der Waals surface area contributed by atoms with Gasteiger partial charge in [-0.15, -0.1) is 0 Å². The van der Waals surface area contributed by atoms with Crippen LogP contribution in [0.3, 0.4) is 0 Å². The second kappa shape index (κ2) is 4.21. The molecule has 0 aliphatic carbocycles. The van der Waals surface area contributed by atoms with Gasteiger partial charge in [0.25, 0.3) is 0 Å². The van der Waals surface area contributed by atoms with Gasteiger partial charge in [-0.3, -0.25) is 8.42 Å². The highest BCUT2D eigenvalue weighted by atomic mass is 32.2. The average Bonchev–Trinajstić information content (AvgIpc) is 1.65. The van der Waals surface area contributed by atoms with E-state index in [1.54, 1.807) is 6.26 Å². The highest BCUT2D eigenvalue weighted by Crippen LogP contribution is 1.83. The number of rotatable bonds is 3. The first-order chi connectivity index (χ1) is 3.66. The monoisotopic (exact) mass is 154 g/mol. The Bertz CT molecular complexity index is 111. The smallest absolute Gasteiger partial charge is 0.0988 e. The molecule has 0 aromatic rings. The molecule has 0 saturated carbocycles. The Morgan fingerprint density at radius 3 is 2.00 bits per heavy atom. The van der Waals surface area contributed by atoms with E-state index in [0.717, 1.165) is 0 Å². The van der Waals surface area contributed by atoms with E-state index in [1.807, 2.05) is 6.92 Å². The Morgan fingerprint density at radius 1 is 1.38 bits per heavy atom. The van der Waals surface area contributed by atoms with E-state index in [-0.39, 0.29) is 0 Å². The topological polar surface area (TPSA) is 34.1 Å². The van der Waals surface area contributed by atoms with Crippen molar-refractivity contribution in [3.05, 3.63) is 0 Å². The standard InChI is InChI=1S/C4H10O2S2/c1-3-8(6)4-7(2)5/h3-4H2,1-2H3. The summed E-state index contributed by atoms with van der Waals surface area (Å²) in [5.41, 5.74) is 0. The van der Waals surface area contributed by atoms with Crippen LogP contribution in [0.4, 0.5) is 0 Å². The normalized spacial score (nSPS) is 17.8. The molecule has 0 aromatic carbocycles. The van der Waals surface area contributed by atoms with Gasteiger partial charge in [-0.1, -0.05) is 6.92 Å². The number of hydrogen-bond donors (Lipinski definition) is 0. The molecule has 8 heavy (non-hydrogen) atoms. The van der Waals surface area contributed by atoms with E-state index >= 15 is 0 Å². The van der Waals surface area contributed by atoms with E-state index in [1.165, 1.54) is 0 Å². The van der Waals surface area contributed by atoms with Crippen molar-refractivity contribution in [3.63, 3.8) is 0 Å². The maximum atomic E-state index is 10.5. The van der Waals surface area contributed by atoms with E-state index in [9.17, 15) is 8.42 Å². The molecule has 0 aliphatic heterocycles. The molecule has 0 bridgehead atoms. The lowest BCUT2D eigenvalue weighted by Crippen LogP contribution is -2.03. The summed E-state index contributed by atoms with van der Waals surface area (Å²) in [5, 5.41) is 0.330. The van der Waals surface area contributed by atoms with Crippen LogP contribution < -0.4 is 0 Å². The highest BCUT2D eigenvalue weighted by Gasteiger charge is 1.96. The maximum Gasteiger partial charge on any atom is 0.0988 e. The predicted molar refractivity (Wildman–Crippen MR) is 37.6 cm³/mol. The van der Waals surface area contributed by atoms with Gasteiger partial charge in [0, 0.05) is 33.6 Å². The van der Waals surface area contributed by atoms with E-state index in [4.69, 9.17) is 0 Å². The second-order valence-electron chi connectivity index (χ2n) is 1.42. The third kappa shape index (κ3) is 4.46. The van der Waals surface area contributed by atoms with Crippen molar-refractivity contribution in [1.29, 1.82) is 0 Å². The van der Waals surface area contributed by atoms with Crippen LogP contribution in [0.5, 0.6) is 0 Å². The van der Waals surface area contributed by atoms with Crippen molar-refractivity contribution in [1.82, 2.24) is 0 Å². The van der Waals surface area contributed by atoms with Crippen molar-refractivity contribution >= 4 is 21.6 Å². The fourth-order valence-corrected chi connectivity index (χ4v) is 2.42. The average molecular weight is 154 g/mol.